The molecule has 0 bridgehead atoms. The van der Waals surface area contributed by atoms with Gasteiger partial charge in [0, 0.05) is 18.4 Å². The molecule has 1 amide bonds. The average molecular weight is 312 g/mol. The Morgan fingerprint density at radius 1 is 1.38 bits per heavy atom. The maximum Gasteiger partial charge on any atom is 0.263 e. The van der Waals surface area contributed by atoms with Gasteiger partial charge >= 0.3 is 0 Å². The molecule has 114 valence electrons. The molecule has 2 rings (SSSR count). The number of nitrogen functional groups attached to an aromatic ring is 1. The Bertz CT molecular complexity index is 630. The van der Waals surface area contributed by atoms with Crippen molar-refractivity contribution < 1.29 is 18.7 Å². The van der Waals surface area contributed by atoms with Crippen molar-refractivity contribution in [3.63, 3.8) is 0 Å². The van der Waals surface area contributed by atoms with E-state index in [0.717, 1.165) is 0 Å². The molecule has 1 aromatic heterocycles. The first-order valence-electron chi connectivity index (χ1n) is 6.46. The Kier molecular flexibility index (Phi) is 5.49. The average Bonchev–Trinajstić information content (AvgIpc) is 2.81. The van der Waals surface area contributed by atoms with E-state index >= 15 is 0 Å². The Morgan fingerprint density at radius 2 is 2.19 bits per heavy atom. The summed E-state index contributed by atoms with van der Waals surface area (Å²) in [6, 6.07) is 4.67. The summed E-state index contributed by atoms with van der Waals surface area (Å²) >= 11 is 1.18. The predicted molar refractivity (Wildman–Crippen MR) is 81.2 cm³/mol. The van der Waals surface area contributed by atoms with Crippen LogP contribution >= 0.6 is 11.3 Å². The van der Waals surface area contributed by atoms with Crippen LogP contribution in [0.1, 0.15) is 9.67 Å². The normalized spacial score (nSPS) is 11.0. The van der Waals surface area contributed by atoms with Crippen molar-refractivity contribution in [3.8, 4) is 0 Å². The summed E-state index contributed by atoms with van der Waals surface area (Å²) in [5, 5.41) is 3.01. The third kappa shape index (κ3) is 3.69. The van der Waals surface area contributed by atoms with Crippen molar-refractivity contribution >= 4 is 33.0 Å². The highest BCUT2D eigenvalue weighted by Gasteiger charge is 2.18. The second-order valence-corrected chi connectivity index (χ2v) is 5.37. The van der Waals surface area contributed by atoms with Crippen LogP contribution in [0.15, 0.2) is 18.2 Å². The van der Waals surface area contributed by atoms with E-state index in [0.29, 0.717) is 41.3 Å². The summed E-state index contributed by atoms with van der Waals surface area (Å²) in [4.78, 5) is 12.4. The van der Waals surface area contributed by atoms with Gasteiger partial charge in [0.15, 0.2) is 0 Å². The number of hydrogen-bond acceptors (Lipinski definition) is 5. The monoisotopic (exact) mass is 312 g/mol. The molecule has 0 atom stereocenters. The van der Waals surface area contributed by atoms with Crippen molar-refractivity contribution in [1.82, 2.24) is 5.32 Å². The van der Waals surface area contributed by atoms with Gasteiger partial charge in [-0.2, -0.15) is 0 Å². The van der Waals surface area contributed by atoms with E-state index in [1.165, 1.54) is 17.4 Å². The molecule has 0 aliphatic rings. The predicted octanol–water partition coefficient (Wildman–Crippen LogP) is 2.02. The molecule has 21 heavy (non-hydrogen) atoms. The topological polar surface area (TPSA) is 73.6 Å². The number of nitrogens with one attached hydrogen (secondary N) is 1. The maximum absolute atomic E-state index is 13.7. The van der Waals surface area contributed by atoms with Gasteiger partial charge in [-0.05, 0) is 12.1 Å². The molecule has 0 saturated heterocycles. The molecule has 0 fully saturated rings. The van der Waals surface area contributed by atoms with Crippen LogP contribution in [0.5, 0.6) is 0 Å². The molecule has 0 unspecified atom stereocenters. The van der Waals surface area contributed by atoms with Gasteiger partial charge in [0.25, 0.3) is 5.91 Å². The first kappa shape index (κ1) is 15.7. The Morgan fingerprint density at radius 3 is 2.90 bits per heavy atom. The van der Waals surface area contributed by atoms with Gasteiger partial charge in [-0.3, -0.25) is 4.79 Å². The lowest BCUT2D eigenvalue weighted by Crippen LogP contribution is -2.27. The SMILES string of the molecule is COCCOCCNC(=O)c1sc2cccc(F)c2c1N. The summed E-state index contributed by atoms with van der Waals surface area (Å²) in [7, 11) is 1.59. The molecule has 0 saturated carbocycles. The Labute approximate surface area is 125 Å². The van der Waals surface area contributed by atoms with Crippen molar-refractivity contribution in [2.24, 2.45) is 0 Å². The third-order valence-corrected chi connectivity index (χ3v) is 4.04. The number of thiophene rings is 1. The van der Waals surface area contributed by atoms with E-state index in [4.69, 9.17) is 15.2 Å². The van der Waals surface area contributed by atoms with Gasteiger partial charge in [-0.1, -0.05) is 6.07 Å². The molecule has 0 radical (unpaired) electrons. The number of rotatable bonds is 7. The number of nitrogens with two attached hydrogens (primary N) is 1. The molecule has 2 aromatic rings. The van der Waals surface area contributed by atoms with E-state index in [-0.39, 0.29) is 11.6 Å². The zero-order valence-corrected chi connectivity index (χ0v) is 12.5. The number of ether oxygens (including phenoxy) is 2. The molecule has 0 spiro atoms. The van der Waals surface area contributed by atoms with Gasteiger partial charge in [0.2, 0.25) is 0 Å². The van der Waals surface area contributed by atoms with Crippen LogP contribution in [0, 0.1) is 5.82 Å². The lowest BCUT2D eigenvalue weighted by molar-refractivity contribution is 0.0693. The summed E-state index contributed by atoms with van der Waals surface area (Å²) < 4.78 is 24.5. The lowest BCUT2D eigenvalue weighted by Gasteiger charge is -2.05. The molecular weight excluding hydrogens is 295 g/mol. The largest absolute Gasteiger partial charge is 0.397 e. The van der Waals surface area contributed by atoms with Crippen LogP contribution in [-0.4, -0.2) is 39.4 Å². The van der Waals surface area contributed by atoms with Crippen molar-refractivity contribution in [2.45, 2.75) is 0 Å². The van der Waals surface area contributed by atoms with Crippen LogP contribution < -0.4 is 11.1 Å². The summed E-state index contributed by atoms with van der Waals surface area (Å²) in [5.41, 5.74) is 6.06. The lowest BCUT2D eigenvalue weighted by atomic mass is 10.2. The number of methoxy groups -OCH3 is 1. The van der Waals surface area contributed by atoms with Gasteiger partial charge in [0.05, 0.1) is 30.9 Å². The number of amides is 1. The highest BCUT2D eigenvalue weighted by molar-refractivity contribution is 7.21. The Hall–Kier alpha value is -1.70. The molecule has 7 heteroatoms. The van der Waals surface area contributed by atoms with E-state index in [9.17, 15) is 9.18 Å². The fourth-order valence-corrected chi connectivity index (χ4v) is 2.91. The van der Waals surface area contributed by atoms with E-state index < -0.39 is 5.82 Å². The summed E-state index contributed by atoms with van der Waals surface area (Å²) in [6.07, 6.45) is 0. The van der Waals surface area contributed by atoms with Crippen LogP contribution in [-0.2, 0) is 9.47 Å². The van der Waals surface area contributed by atoms with E-state index in [2.05, 4.69) is 5.32 Å². The fourth-order valence-electron chi connectivity index (χ4n) is 1.86. The quantitative estimate of drug-likeness (QED) is 0.767. The molecular formula is C14H17FN2O3S. The van der Waals surface area contributed by atoms with E-state index in [1.54, 1.807) is 19.2 Å². The molecule has 5 nitrogen and oxygen atoms in total. The van der Waals surface area contributed by atoms with Crippen molar-refractivity contribution in [1.29, 1.82) is 0 Å². The van der Waals surface area contributed by atoms with Crippen LogP contribution in [0.3, 0.4) is 0 Å². The van der Waals surface area contributed by atoms with Crippen molar-refractivity contribution in [3.05, 3.63) is 28.9 Å². The van der Waals surface area contributed by atoms with Crippen molar-refractivity contribution in [2.75, 3.05) is 39.2 Å². The summed E-state index contributed by atoms with van der Waals surface area (Å²) in [5.74, 6) is -0.730. The van der Waals surface area contributed by atoms with Crippen LogP contribution in [0.25, 0.3) is 10.1 Å². The summed E-state index contributed by atoms with van der Waals surface area (Å²) in [6.45, 7) is 1.73. The number of benzene rings is 1. The van der Waals surface area contributed by atoms with Gasteiger partial charge in [0.1, 0.15) is 10.7 Å². The number of hydrogen-bond donors (Lipinski definition) is 2. The number of fused-ring (bicyclic) bond motifs is 1. The molecule has 1 aromatic carbocycles. The zero-order valence-electron chi connectivity index (χ0n) is 11.6. The Balaban J connectivity index is 1.97. The molecule has 0 aliphatic heterocycles. The highest BCUT2D eigenvalue weighted by atomic mass is 32.1. The van der Waals surface area contributed by atoms with Gasteiger partial charge in [-0.25, -0.2) is 4.39 Å². The minimum absolute atomic E-state index is 0.186. The highest BCUT2D eigenvalue weighted by Crippen LogP contribution is 2.35. The minimum Gasteiger partial charge on any atom is -0.397 e. The van der Waals surface area contributed by atoms with Crippen LogP contribution in [0.4, 0.5) is 10.1 Å². The standard InChI is InChI=1S/C14H17FN2O3S/c1-19-7-8-20-6-5-17-14(18)13-12(16)11-9(15)3-2-4-10(11)21-13/h2-4H,5-8,16H2,1H3,(H,17,18). The second-order valence-electron chi connectivity index (χ2n) is 4.32. The minimum atomic E-state index is -0.414. The zero-order chi connectivity index (χ0) is 15.2. The van der Waals surface area contributed by atoms with Crippen LogP contribution in [0.2, 0.25) is 0 Å². The first-order valence-corrected chi connectivity index (χ1v) is 7.28. The van der Waals surface area contributed by atoms with E-state index in [1.807, 2.05) is 0 Å². The number of halogens is 1. The first-order chi connectivity index (χ1) is 10.1. The molecule has 0 aliphatic carbocycles. The van der Waals surface area contributed by atoms with Gasteiger partial charge < -0.3 is 20.5 Å². The number of anilines is 1. The third-order valence-electron chi connectivity index (χ3n) is 2.87. The molecule has 1 heterocycles. The molecule has 3 N–H and O–H groups in total. The second kappa shape index (κ2) is 7.35. The number of carbonyl (C=O) groups excluding carboxylic acids is 1. The maximum atomic E-state index is 13.7. The number of carbonyl (C=O) groups is 1. The van der Waals surface area contributed by atoms with Gasteiger partial charge in [-0.15, -0.1) is 11.3 Å². The smallest absolute Gasteiger partial charge is 0.263 e. The fraction of sp³-hybridized carbons (Fsp3) is 0.357.